The molecule has 25 heavy (non-hydrogen) atoms. The molecular weight excluding hydrogens is 316 g/mol. The van der Waals surface area contributed by atoms with Gasteiger partial charge in [-0.1, -0.05) is 12.7 Å². The molecule has 0 radical (unpaired) electrons. The molecule has 1 amide bonds. The number of amides is 1. The van der Waals surface area contributed by atoms with E-state index in [0.29, 0.717) is 42.7 Å². The van der Waals surface area contributed by atoms with E-state index >= 15 is 0 Å². The predicted molar refractivity (Wildman–Crippen MR) is 100 cm³/mol. The van der Waals surface area contributed by atoms with Crippen molar-refractivity contribution in [2.24, 2.45) is 5.92 Å². The minimum Gasteiger partial charge on any atom is -0.490 e. The lowest BCUT2D eigenvalue weighted by atomic mass is 10.1. The van der Waals surface area contributed by atoms with Gasteiger partial charge in [0.25, 0.3) is 5.91 Å². The molecule has 0 aliphatic carbocycles. The average Bonchev–Trinajstić information content (AvgIpc) is 3.03. The summed E-state index contributed by atoms with van der Waals surface area (Å²) < 4.78 is 11.3. The van der Waals surface area contributed by atoms with Crippen LogP contribution in [0.4, 0.5) is 0 Å². The van der Waals surface area contributed by atoms with Gasteiger partial charge in [0.1, 0.15) is 6.61 Å². The molecule has 138 valence electrons. The standard InChI is InChI=1S/C20H30N2O3/c1-5-12-25-18-9-8-17(13-19(18)24-7-3)20(23)22(6-2)15-16-10-11-21(4)14-16/h5,8-9,13,16H,1,6-7,10-12,14-15H2,2-4H3/t16-/m1/s1. The fraction of sp³-hybridized carbons (Fsp3) is 0.550. The minimum atomic E-state index is 0.0493. The van der Waals surface area contributed by atoms with Crippen LogP contribution in [0.3, 0.4) is 0 Å². The van der Waals surface area contributed by atoms with Gasteiger partial charge < -0.3 is 19.3 Å². The number of benzene rings is 1. The summed E-state index contributed by atoms with van der Waals surface area (Å²) in [4.78, 5) is 17.2. The first-order valence-corrected chi connectivity index (χ1v) is 9.07. The number of ether oxygens (including phenoxy) is 2. The van der Waals surface area contributed by atoms with E-state index in [2.05, 4.69) is 18.5 Å². The Morgan fingerprint density at radius 1 is 1.36 bits per heavy atom. The second kappa shape index (κ2) is 9.47. The van der Waals surface area contributed by atoms with Crippen LogP contribution in [-0.2, 0) is 0 Å². The van der Waals surface area contributed by atoms with Gasteiger partial charge in [-0.2, -0.15) is 0 Å². The highest BCUT2D eigenvalue weighted by Gasteiger charge is 2.24. The van der Waals surface area contributed by atoms with Crippen molar-refractivity contribution in [3.8, 4) is 11.5 Å². The highest BCUT2D eigenvalue weighted by atomic mass is 16.5. The fourth-order valence-electron chi connectivity index (χ4n) is 3.20. The number of carbonyl (C=O) groups excluding carboxylic acids is 1. The van der Waals surface area contributed by atoms with E-state index in [-0.39, 0.29) is 5.91 Å². The molecule has 0 N–H and O–H groups in total. The zero-order chi connectivity index (χ0) is 18.2. The molecule has 1 aliphatic rings. The van der Waals surface area contributed by atoms with Crippen LogP contribution in [0.5, 0.6) is 11.5 Å². The van der Waals surface area contributed by atoms with Crippen LogP contribution in [-0.4, -0.2) is 62.1 Å². The van der Waals surface area contributed by atoms with Crippen molar-refractivity contribution in [3.63, 3.8) is 0 Å². The molecule has 5 nitrogen and oxygen atoms in total. The van der Waals surface area contributed by atoms with Crippen molar-refractivity contribution in [1.82, 2.24) is 9.80 Å². The van der Waals surface area contributed by atoms with Gasteiger partial charge in [0.15, 0.2) is 11.5 Å². The zero-order valence-corrected chi connectivity index (χ0v) is 15.7. The lowest BCUT2D eigenvalue weighted by Crippen LogP contribution is -2.36. The van der Waals surface area contributed by atoms with Crippen molar-refractivity contribution in [3.05, 3.63) is 36.4 Å². The molecule has 1 aromatic rings. The van der Waals surface area contributed by atoms with Crippen LogP contribution >= 0.6 is 0 Å². The number of nitrogens with zero attached hydrogens (tertiary/aromatic N) is 2. The third-order valence-electron chi connectivity index (χ3n) is 4.48. The smallest absolute Gasteiger partial charge is 0.253 e. The maximum absolute atomic E-state index is 12.9. The van der Waals surface area contributed by atoms with E-state index in [9.17, 15) is 4.79 Å². The van der Waals surface area contributed by atoms with Gasteiger partial charge in [-0.25, -0.2) is 0 Å². The molecule has 1 atom stereocenters. The average molecular weight is 346 g/mol. The van der Waals surface area contributed by atoms with Gasteiger partial charge in [0.05, 0.1) is 6.61 Å². The van der Waals surface area contributed by atoms with Crippen molar-refractivity contribution < 1.29 is 14.3 Å². The first-order valence-electron chi connectivity index (χ1n) is 9.07. The molecule has 0 spiro atoms. The fourth-order valence-corrected chi connectivity index (χ4v) is 3.20. The van der Waals surface area contributed by atoms with E-state index < -0.39 is 0 Å². The van der Waals surface area contributed by atoms with Gasteiger partial charge >= 0.3 is 0 Å². The van der Waals surface area contributed by atoms with Crippen LogP contribution < -0.4 is 9.47 Å². The summed E-state index contributed by atoms with van der Waals surface area (Å²) in [5.41, 5.74) is 0.641. The Morgan fingerprint density at radius 2 is 2.16 bits per heavy atom. The van der Waals surface area contributed by atoms with Crippen molar-refractivity contribution in [2.75, 3.05) is 46.4 Å². The van der Waals surface area contributed by atoms with E-state index in [0.717, 1.165) is 26.1 Å². The molecule has 0 unspecified atom stereocenters. The third kappa shape index (κ3) is 5.23. The van der Waals surface area contributed by atoms with Crippen LogP contribution in [0.2, 0.25) is 0 Å². The lowest BCUT2D eigenvalue weighted by molar-refractivity contribution is 0.0739. The summed E-state index contributed by atoms with van der Waals surface area (Å²) >= 11 is 0. The summed E-state index contributed by atoms with van der Waals surface area (Å²) in [6, 6.07) is 5.40. The van der Waals surface area contributed by atoms with Crippen molar-refractivity contribution in [1.29, 1.82) is 0 Å². The zero-order valence-electron chi connectivity index (χ0n) is 15.7. The maximum atomic E-state index is 12.9. The second-order valence-electron chi connectivity index (χ2n) is 6.45. The number of carbonyl (C=O) groups is 1. The van der Waals surface area contributed by atoms with Gasteiger partial charge in [-0.15, -0.1) is 0 Å². The second-order valence-corrected chi connectivity index (χ2v) is 6.45. The molecule has 0 bridgehead atoms. The molecule has 1 saturated heterocycles. The summed E-state index contributed by atoms with van der Waals surface area (Å²) in [5.74, 6) is 1.84. The largest absolute Gasteiger partial charge is 0.490 e. The Labute approximate surface area is 151 Å². The summed E-state index contributed by atoms with van der Waals surface area (Å²) in [5, 5.41) is 0. The highest BCUT2D eigenvalue weighted by Crippen LogP contribution is 2.29. The molecule has 2 rings (SSSR count). The summed E-state index contributed by atoms with van der Waals surface area (Å²) in [7, 11) is 2.13. The number of hydrogen-bond acceptors (Lipinski definition) is 4. The van der Waals surface area contributed by atoms with Crippen molar-refractivity contribution in [2.45, 2.75) is 20.3 Å². The Morgan fingerprint density at radius 3 is 2.76 bits per heavy atom. The van der Waals surface area contributed by atoms with Gasteiger partial charge in [-0.05, 0) is 58.0 Å². The van der Waals surface area contributed by atoms with E-state index in [4.69, 9.17) is 9.47 Å². The minimum absolute atomic E-state index is 0.0493. The van der Waals surface area contributed by atoms with E-state index in [1.165, 1.54) is 0 Å². The Balaban J connectivity index is 2.12. The summed E-state index contributed by atoms with van der Waals surface area (Å²) in [6.07, 6.45) is 2.84. The lowest BCUT2D eigenvalue weighted by Gasteiger charge is -2.25. The normalized spacial score (nSPS) is 17.3. The van der Waals surface area contributed by atoms with Crippen LogP contribution in [0.25, 0.3) is 0 Å². The SMILES string of the molecule is C=CCOc1ccc(C(=O)N(CC)C[C@@H]2CCN(C)C2)cc1OCC. The molecule has 5 heteroatoms. The Bertz CT molecular complexity index is 588. The molecule has 0 aromatic heterocycles. The molecule has 1 aliphatic heterocycles. The van der Waals surface area contributed by atoms with Crippen LogP contribution in [0.1, 0.15) is 30.6 Å². The van der Waals surface area contributed by atoms with Gasteiger partial charge in [0, 0.05) is 25.2 Å². The number of likely N-dealkylation sites (tertiary alicyclic amines) is 1. The summed E-state index contributed by atoms with van der Waals surface area (Å²) in [6.45, 7) is 12.2. The van der Waals surface area contributed by atoms with Crippen LogP contribution in [0, 0.1) is 5.92 Å². The van der Waals surface area contributed by atoms with Crippen molar-refractivity contribution >= 4 is 5.91 Å². The first kappa shape index (κ1) is 19.3. The maximum Gasteiger partial charge on any atom is 0.253 e. The third-order valence-corrected chi connectivity index (χ3v) is 4.48. The molecular formula is C20H30N2O3. The Hall–Kier alpha value is -2.01. The predicted octanol–water partition coefficient (Wildman–Crippen LogP) is 3.06. The molecule has 0 saturated carbocycles. The van der Waals surface area contributed by atoms with Gasteiger partial charge in [-0.3, -0.25) is 4.79 Å². The quantitative estimate of drug-likeness (QED) is 0.645. The van der Waals surface area contributed by atoms with E-state index in [1.54, 1.807) is 18.2 Å². The highest BCUT2D eigenvalue weighted by molar-refractivity contribution is 5.95. The first-order chi connectivity index (χ1) is 12.1. The number of rotatable bonds is 9. The monoisotopic (exact) mass is 346 g/mol. The van der Waals surface area contributed by atoms with Gasteiger partial charge in [0.2, 0.25) is 0 Å². The topological polar surface area (TPSA) is 42.0 Å². The molecule has 1 aromatic carbocycles. The number of hydrogen-bond donors (Lipinski definition) is 0. The molecule has 1 heterocycles. The Kier molecular flexibility index (Phi) is 7.31. The molecule has 1 fully saturated rings. The van der Waals surface area contributed by atoms with Crippen LogP contribution in [0.15, 0.2) is 30.9 Å². The van der Waals surface area contributed by atoms with E-state index in [1.807, 2.05) is 24.8 Å².